The number of nitrogens with two attached hydrogens (primary N) is 1. The van der Waals surface area contributed by atoms with Crippen molar-refractivity contribution in [2.45, 2.75) is 20.4 Å². The molecule has 3 N–H and O–H groups in total. The zero-order chi connectivity index (χ0) is 17.6. The van der Waals surface area contributed by atoms with Crippen molar-refractivity contribution in [3.05, 3.63) is 58.4 Å². The molecule has 1 aromatic carbocycles. The van der Waals surface area contributed by atoms with Gasteiger partial charge >= 0.3 is 0 Å². The maximum Gasteiger partial charge on any atom is 0.263 e. The molecule has 4 rings (SSSR count). The van der Waals surface area contributed by atoms with Crippen molar-refractivity contribution in [1.29, 1.82) is 0 Å². The molecule has 3 aromatic heterocycles. The highest BCUT2D eigenvalue weighted by Crippen LogP contribution is 2.35. The fraction of sp³-hybridized carbons (Fsp3) is 0.158. The lowest BCUT2D eigenvalue weighted by atomic mass is 10.0. The fourth-order valence-corrected chi connectivity index (χ4v) is 3.88. The molecule has 0 unspecified atom stereocenters. The van der Waals surface area contributed by atoms with Gasteiger partial charge in [-0.25, -0.2) is 4.98 Å². The molecule has 1 amide bonds. The van der Waals surface area contributed by atoms with Gasteiger partial charge in [-0.3, -0.25) is 4.79 Å². The third-order valence-corrected chi connectivity index (χ3v) is 5.43. The predicted molar refractivity (Wildman–Crippen MR) is 101 cm³/mol. The Labute approximate surface area is 148 Å². The minimum absolute atomic E-state index is 0.214. The van der Waals surface area contributed by atoms with Gasteiger partial charge in [-0.1, -0.05) is 12.1 Å². The van der Waals surface area contributed by atoms with Gasteiger partial charge in [0.1, 0.15) is 15.5 Å². The Morgan fingerprint density at radius 1 is 1.24 bits per heavy atom. The molecular formula is C19H17N3O2S. The number of aryl methyl sites for hydroxylation is 2. The Bertz CT molecular complexity index is 1100. The molecule has 0 saturated heterocycles. The molecule has 0 spiro atoms. The van der Waals surface area contributed by atoms with E-state index in [0.29, 0.717) is 22.9 Å². The Balaban J connectivity index is 1.76. The number of aromatic nitrogens is 1. The lowest BCUT2D eigenvalue weighted by molar-refractivity contribution is 0.0953. The van der Waals surface area contributed by atoms with Gasteiger partial charge in [-0.05, 0) is 43.2 Å². The van der Waals surface area contributed by atoms with Crippen LogP contribution in [0.3, 0.4) is 0 Å². The first kappa shape index (κ1) is 15.7. The third kappa shape index (κ3) is 2.64. The molecule has 0 bridgehead atoms. The number of hydrogen-bond donors (Lipinski definition) is 2. The van der Waals surface area contributed by atoms with Crippen LogP contribution in [-0.2, 0) is 6.54 Å². The minimum atomic E-state index is -0.214. The summed E-state index contributed by atoms with van der Waals surface area (Å²) in [4.78, 5) is 18.5. The summed E-state index contributed by atoms with van der Waals surface area (Å²) in [5.41, 5.74) is 9.94. The second-order valence-corrected chi connectivity index (χ2v) is 7.04. The number of benzene rings is 1. The van der Waals surface area contributed by atoms with Crippen molar-refractivity contribution in [2.24, 2.45) is 0 Å². The van der Waals surface area contributed by atoms with E-state index >= 15 is 0 Å². The van der Waals surface area contributed by atoms with Crippen LogP contribution >= 0.6 is 11.3 Å². The standard InChI is InChI=1S/C19H17N3O2S/c1-10-5-6-11(2)16-13(10)8-14-15(20)17(25-19(14)22-16)18(23)21-9-12-4-3-7-24-12/h3-8H,9,20H2,1-2H3,(H,21,23). The highest BCUT2D eigenvalue weighted by atomic mass is 32.1. The van der Waals surface area contributed by atoms with Crippen LogP contribution in [0.2, 0.25) is 0 Å². The van der Waals surface area contributed by atoms with Crippen LogP contribution in [0, 0.1) is 13.8 Å². The molecule has 3 heterocycles. The van der Waals surface area contributed by atoms with Crippen LogP contribution in [0.15, 0.2) is 41.0 Å². The summed E-state index contributed by atoms with van der Waals surface area (Å²) in [7, 11) is 0. The predicted octanol–water partition coefficient (Wildman–Crippen LogP) is 4.17. The molecule has 5 nitrogen and oxygen atoms in total. The normalized spacial score (nSPS) is 11.3. The second-order valence-electron chi connectivity index (χ2n) is 6.04. The Morgan fingerprint density at radius 2 is 2.04 bits per heavy atom. The molecule has 0 atom stereocenters. The number of hydrogen-bond acceptors (Lipinski definition) is 5. The number of thiophene rings is 1. The van der Waals surface area contributed by atoms with Crippen LogP contribution in [0.1, 0.15) is 26.6 Å². The van der Waals surface area contributed by atoms with Gasteiger partial charge in [-0.15, -0.1) is 11.3 Å². The van der Waals surface area contributed by atoms with Crippen molar-refractivity contribution >= 4 is 44.1 Å². The summed E-state index contributed by atoms with van der Waals surface area (Å²) in [5, 5.41) is 4.73. The van der Waals surface area contributed by atoms with E-state index in [1.807, 2.05) is 19.1 Å². The lowest BCUT2D eigenvalue weighted by Gasteiger charge is -2.05. The van der Waals surface area contributed by atoms with Crippen LogP contribution in [0.25, 0.3) is 21.1 Å². The summed E-state index contributed by atoms with van der Waals surface area (Å²) in [6.07, 6.45) is 1.58. The van der Waals surface area contributed by atoms with Gasteiger partial charge in [0, 0.05) is 10.8 Å². The van der Waals surface area contributed by atoms with E-state index in [0.717, 1.165) is 32.2 Å². The van der Waals surface area contributed by atoms with E-state index < -0.39 is 0 Å². The van der Waals surface area contributed by atoms with Crippen molar-refractivity contribution in [3.63, 3.8) is 0 Å². The molecule has 0 aliphatic rings. The van der Waals surface area contributed by atoms with Crippen molar-refractivity contribution in [3.8, 4) is 0 Å². The first-order chi connectivity index (χ1) is 12.0. The van der Waals surface area contributed by atoms with Gasteiger partial charge in [-0.2, -0.15) is 0 Å². The number of furan rings is 1. The molecule has 6 heteroatoms. The molecule has 0 aliphatic carbocycles. The molecule has 25 heavy (non-hydrogen) atoms. The van der Waals surface area contributed by atoms with E-state index in [1.165, 1.54) is 11.3 Å². The van der Waals surface area contributed by atoms with Crippen LogP contribution in [0.4, 0.5) is 5.69 Å². The summed E-state index contributed by atoms with van der Waals surface area (Å²) in [6, 6.07) is 9.77. The van der Waals surface area contributed by atoms with Gasteiger partial charge in [0.25, 0.3) is 5.91 Å². The second kappa shape index (κ2) is 5.89. The molecule has 0 radical (unpaired) electrons. The average molecular weight is 351 g/mol. The number of rotatable bonds is 3. The topological polar surface area (TPSA) is 81.2 Å². The van der Waals surface area contributed by atoms with E-state index in [2.05, 4.69) is 24.4 Å². The Hall–Kier alpha value is -2.86. The number of amides is 1. The first-order valence-electron chi connectivity index (χ1n) is 7.94. The molecule has 0 saturated carbocycles. The SMILES string of the molecule is Cc1ccc(C)c2nc3sc(C(=O)NCc4ccco4)c(N)c3cc12. The van der Waals surface area contributed by atoms with E-state index in [-0.39, 0.29) is 5.91 Å². The van der Waals surface area contributed by atoms with Crippen molar-refractivity contribution in [2.75, 3.05) is 5.73 Å². The van der Waals surface area contributed by atoms with Gasteiger partial charge in [0.15, 0.2) is 0 Å². The van der Waals surface area contributed by atoms with Crippen LogP contribution < -0.4 is 11.1 Å². The zero-order valence-corrected chi connectivity index (χ0v) is 14.7. The van der Waals surface area contributed by atoms with Crippen molar-refractivity contribution in [1.82, 2.24) is 10.3 Å². The molecular weight excluding hydrogens is 334 g/mol. The van der Waals surface area contributed by atoms with E-state index in [9.17, 15) is 4.79 Å². The lowest BCUT2D eigenvalue weighted by Crippen LogP contribution is -2.22. The summed E-state index contributed by atoms with van der Waals surface area (Å²) < 4.78 is 5.23. The molecule has 0 fully saturated rings. The first-order valence-corrected chi connectivity index (χ1v) is 8.76. The van der Waals surface area contributed by atoms with Crippen LogP contribution in [-0.4, -0.2) is 10.9 Å². The Morgan fingerprint density at radius 3 is 2.80 bits per heavy atom. The Kier molecular flexibility index (Phi) is 3.69. The summed E-state index contributed by atoms with van der Waals surface area (Å²) in [6.45, 7) is 4.41. The smallest absolute Gasteiger partial charge is 0.263 e. The maximum atomic E-state index is 12.5. The number of fused-ring (bicyclic) bond motifs is 2. The molecule has 4 aromatic rings. The average Bonchev–Trinajstić information content (AvgIpc) is 3.23. The number of pyridine rings is 1. The minimum Gasteiger partial charge on any atom is -0.467 e. The van der Waals surface area contributed by atoms with Gasteiger partial charge in [0.05, 0.1) is 24.0 Å². The number of nitrogen functional groups attached to an aromatic ring is 1. The summed E-state index contributed by atoms with van der Waals surface area (Å²) >= 11 is 1.32. The number of anilines is 1. The number of carbonyl (C=O) groups is 1. The monoisotopic (exact) mass is 351 g/mol. The largest absolute Gasteiger partial charge is 0.467 e. The van der Waals surface area contributed by atoms with Crippen molar-refractivity contribution < 1.29 is 9.21 Å². The van der Waals surface area contributed by atoms with Crippen LogP contribution in [0.5, 0.6) is 0 Å². The zero-order valence-electron chi connectivity index (χ0n) is 13.9. The van der Waals surface area contributed by atoms with E-state index in [1.54, 1.807) is 12.3 Å². The quantitative estimate of drug-likeness (QED) is 0.580. The van der Waals surface area contributed by atoms with E-state index in [4.69, 9.17) is 15.1 Å². The number of nitrogens with one attached hydrogen (secondary N) is 1. The third-order valence-electron chi connectivity index (χ3n) is 4.31. The number of nitrogens with zero attached hydrogens (tertiary/aromatic N) is 1. The highest BCUT2D eigenvalue weighted by molar-refractivity contribution is 7.21. The maximum absolute atomic E-state index is 12.5. The molecule has 0 aliphatic heterocycles. The highest BCUT2D eigenvalue weighted by Gasteiger charge is 2.18. The van der Waals surface area contributed by atoms with Gasteiger partial charge in [0.2, 0.25) is 0 Å². The fourth-order valence-electron chi connectivity index (χ4n) is 2.89. The van der Waals surface area contributed by atoms with Gasteiger partial charge < -0.3 is 15.5 Å². The molecule has 126 valence electrons. The number of carbonyl (C=O) groups excluding carboxylic acids is 1. The summed E-state index contributed by atoms with van der Waals surface area (Å²) in [5.74, 6) is 0.484.